The Balaban J connectivity index is 2.06. The van der Waals surface area contributed by atoms with Crippen LogP contribution >= 0.6 is 0 Å². The van der Waals surface area contributed by atoms with E-state index in [-0.39, 0.29) is 5.91 Å². The fraction of sp³-hybridized carbons (Fsp3) is 0.400. The van der Waals surface area contributed by atoms with Crippen molar-refractivity contribution in [1.82, 2.24) is 15.5 Å². The van der Waals surface area contributed by atoms with E-state index in [9.17, 15) is 4.79 Å². The molecule has 2 heterocycles. The van der Waals surface area contributed by atoms with Crippen molar-refractivity contribution >= 4 is 5.91 Å². The van der Waals surface area contributed by atoms with Crippen LogP contribution in [0.25, 0.3) is 11.4 Å². The highest BCUT2D eigenvalue weighted by atomic mass is 16.5. The Morgan fingerprint density at radius 3 is 3.00 bits per heavy atom. The van der Waals surface area contributed by atoms with Gasteiger partial charge in [-0.05, 0) is 32.4 Å². The van der Waals surface area contributed by atoms with Crippen molar-refractivity contribution in [2.75, 3.05) is 19.8 Å². The number of pyridine rings is 1. The number of nitrogens with zero attached hydrogens (tertiary/aromatic N) is 2. The number of aromatic nitrogens is 2. The van der Waals surface area contributed by atoms with Crippen LogP contribution in [0, 0.1) is 6.92 Å². The van der Waals surface area contributed by atoms with E-state index in [1.54, 1.807) is 19.2 Å². The van der Waals surface area contributed by atoms with Gasteiger partial charge in [-0.2, -0.15) is 0 Å². The monoisotopic (exact) mass is 289 g/mol. The van der Waals surface area contributed by atoms with E-state index in [0.29, 0.717) is 42.5 Å². The van der Waals surface area contributed by atoms with Crippen LogP contribution in [-0.4, -0.2) is 35.8 Å². The maximum atomic E-state index is 12.3. The highest BCUT2D eigenvalue weighted by Crippen LogP contribution is 2.23. The minimum absolute atomic E-state index is 0.203. The Hall–Kier alpha value is -2.21. The standard InChI is InChI=1S/C15H19N3O3/c1-3-20-10-6-9-17-15(19)13-11(2)21-18-14(13)12-7-4-5-8-16-12/h4-5,7-8H,3,6,9-10H2,1-2H3,(H,17,19). The van der Waals surface area contributed by atoms with Crippen molar-refractivity contribution < 1.29 is 14.1 Å². The third-order valence-corrected chi connectivity index (χ3v) is 2.95. The molecule has 6 nitrogen and oxygen atoms in total. The summed E-state index contributed by atoms with van der Waals surface area (Å²) in [6.45, 7) is 5.52. The summed E-state index contributed by atoms with van der Waals surface area (Å²) in [4.78, 5) is 16.5. The second-order valence-electron chi connectivity index (χ2n) is 4.48. The molecule has 0 aliphatic heterocycles. The molecule has 2 aromatic heterocycles. The van der Waals surface area contributed by atoms with E-state index in [1.807, 2.05) is 19.1 Å². The number of aryl methyl sites for hydroxylation is 1. The van der Waals surface area contributed by atoms with Crippen molar-refractivity contribution in [2.45, 2.75) is 20.3 Å². The number of rotatable bonds is 7. The first kappa shape index (κ1) is 15.2. The van der Waals surface area contributed by atoms with E-state index in [2.05, 4.69) is 15.5 Å². The van der Waals surface area contributed by atoms with Crippen LogP contribution in [0.3, 0.4) is 0 Å². The van der Waals surface area contributed by atoms with Gasteiger partial charge in [0.05, 0.1) is 5.69 Å². The number of carbonyl (C=O) groups is 1. The molecule has 0 fully saturated rings. The van der Waals surface area contributed by atoms with E-state index in [4.69, 9.17) is 9.26 Å². The highest BCUT2D eigenvalue weighted by molar-refractivity contribution is 6.00. The molecule has 0 saturated carbocycles. The summed E-state index contributed by atoms with van der Waals surface area (Å²) in [5, 5.41) is 6.79. The summed E-state index contributed by atoms with van der Waals surface area (Å²) in [6, 6.07) is 5.45. The van der Waals surface area contributed by atoms with Gasteiger partial charge in [0.25, 0.3) is 5.91 Å². The van der Waals surface area contributed by atoms with Crippen LogP contribution in [0.1, 0.15) is 29.5 Å². The van der Waals surface area contributed by atoms with Gasteiger partial charge in [0, 0.05) is 26.0 Å². The van der Waals surface area contributed by atoms with Gasteiger partial charge >= 0.3 is 0 Å². The Bertz CT molecular complexity index is 581. The third kappa shape index (κ3) is 3.88. The van der Waals surface area contributed by atoms with Crippen LogP contribution in [0.4, 0.5) is 0 Å². The van der Waals surface area contributed by atoms with Crippen LogP contribution in [0.5, 0.6) is 0 Å². The summed E-state index contributed by atoms with van der Waals surface area (Å²) in [6.07, 6.45) is 2.42. The van der Waals surface area contributed by atoms with E-state index < -0.39 is 0 Å². The molecule has 0 spiro atoms. The molecule has 0 atom stereocenters. The largest absolute Gasteiger partial charge is 0.382 e. The van der Waals surface area contributed by atoms with Crippen molar-refractivity contribution in [1.29, 1.82) is 0 Å². The lowest BCUT2D eigenvalue weighted by molar-refractivity contribution is 0.0943. The molecule has 1 N–H and O–H groups in total. The average Bonchev–Trinajstić information content (AvgIpc) is 2.89. The summed E-state index contributed by atoms with van der Waals surface area (Å²) in [5.41, 5.74) is 1.52. The maximum absolute atomic E-state index is 12.3. The SMILES string of the molecule is CCOCCCNC(=O)c1c(-c2ccccn2)noc1C. The Kier molecular flexibility index (Phi) is 5.45. The molecule has 112 valence electrons. The third-order valence-electron chi connectivity index (χ3n) is 2.95. The molecular weight excluding hydrogens is 270 g/mol. The topological polar surface area (TPSA) is 77.2 Å². The Labute approximate surface area is 123 Å². The summed E-state index contributed by atoms with van der Waals surface area (Å²) < 4.78 is 10.4. The molecule has 2 rings (SSSR count). The molecule has 1 amide bonds. The first-order chi connectivity index (χ1) is 10.2. The molecular formula is C15H19N3O3. The number of amides is 1. The van der Waals surface area contributed by atoms with Gasteiger partial charge in [-0.1, -0.05) is 11.2 Å². The van der Waals surface area contributed by atoms with Crippen LogP contribution < -0.4 is 5.32 Å². The molecule has 0 aliphatic carbocycles. The van der Waals surface area contributed by atoms with Gasteiger partial charge in [-0.15, -0.1) is 0 Å². The minimum atomic E-state index is -0.203. The molecule has 0 unspecified atom stereocenters. The van der Waals surface area contributed by atoms with Gasteiger partial charge in [0.15, 0.2) is 0 Å². The normalized spacial score (nSPS) is 10.6. The van der Waals surface area contributed by atoms with Gasteiger partial charge in [-0.3, -0.25) is 9.78 Å². The van der Waals surface area contributed by atoms with Gasteiger partial charge < -0.3 is 14.6 Å². The number of ether oxygens (including phenoxy) is 1. The second-order valence-corrected chi connectivity index (χ2v) is 4.48. The number of hydrogen-bond donors (Lipinski definition) is 1. The first-order valence-corrected chi connectivity index (χ1v) is 6.97. The van der Waals surface area contributed by atoms with Crippen LogP contribution in [0.15, 0.2) is 28.9 Å². The minimum Gasteiger partial charge on any atom is -0.382 e. The van der Waals surface area contributed by atoms with Crippen molar-refractivity contribution in [3.8, 4) is 11.4 Å². The number of hydrogen-bond acceptors (Lipinski definition) is 5. The van der Waals surface area contributed by atoms with Gasteiger partial charge in [0.1, 0.15) is 17.0 Å². The van der Waals surface area contributed by atoms with Crippen molar-refractivity contribution in [3.05, 3.63) is 35.7 Å². The fourth-order valence-electron chi connectivity index (χ4n) is 1.93. The molecule has 0 radical (unpaired) electrons. The molecule has 2 aromatic rings. The van der Waals surface area contributed by atoms with Crippen LogP contribution in [-0.2, 0) is 4.74 Å². The Morgan fingerprint density at radius 2 is 2.29 bits per heavy atom. The zero-order chi connectivity index (χ0) is 15.1. The predicted molar refractivity (Wildman–Crippen MR) is 77.9 cm³/mol. The molecule has 6 heteroatoms. The molecule has 0 aromatic carbocycles. The lowest BCUT2D eigenvalue weighted by atomic mass is 10.1. The van der Waals surface area contributed by atoms with E-state index >= 15 is 0 Å². The summed E-state index contributed by atoms with van der Waals surface area (Å²) in [7, 11) is 0. The number of carbonyl (C=O) groups excluding carboxylic acids is 1. The molecule has 0 saturated heterocycles. The zero-order valence-electron chi connectivity index (χ0n) is 12.3. The van der Waals surface area contributed by atoms with Gasteiger partial charge in [-0.25, -0.2) is 0 Å². The van der Waals surface area contributed by atoms with Crippen molar-refractivity contribution in [3.63, 3.8) is 0 Å². The maximum Gasteiger partial charge on any atom is 0.257 e. The lowest BCUT2D eigenvalue weighted by Gasteiger charge is -2.05. The smallest absolute Gasteiger partial charge is 0.257 e. The Morgan fingerprint density at radius 1 is 1.43 bits per heavy atom. The quantitative estimate of drug-likeness (QED) is 0.791. The lowest BCUT2D eigenvalue weighted by Crippen LogP contribution is -2.26. The van der Waals surface area contributed by atoms with Crippen molar-refractivity contribution in [2.24, 2.45) is 0 Å². The summed E-state index contributed by atoms with van der Waals surface area (Å²) in [5.74, 6) is 0.281. The fourth-order valence-corrected chi connectivity index (χ4v) is 1.93. The van der Waals surface area contributed by atoms with Gasteiger partial charge in [0.2, 0.25) is 0 Å². The molecule has 21 heavy (non-hydrogen) atoms. The highest BCUT2D eigenvalue weighted by Gasteiger charge is 2.21. The first-order valence-electron chi connectivity index (χ1n) is 6.97. The van der Waals surface area contributed by atoms with Crippen LogP contribution in [0.2, 0.25) is 0 Å². The predicted octanol–water partition coefficient (Wildman–Crippen LogP) is 2.20. The molecule has 0 bridgehead atoms. The number of nitrogens with one attached hydrogen (secondary N) is 1. The summed E-state index contributed by atoms with van der Waals surface area (Å²) >= 11 is 0. The second kappa shape index (κ2) is 7.54. The zero-order valence-corrected chi connectivity index (χ0v) is 12.3. The van der Waals surface area contributed by atoms with E-state index in [1.165, 1.54) is 0 Å². The van der Waals surface area contributed by atoms with E-state index in [0.717, 1.165) is 6.42 Å². The molecule has 0 aliphatic rings. The average molecular weight is 289 g/mol.